The van der Waals surface area contributed by atoms with Gasteiger partial charge in [0.05, 0.1) is 31.0 Å². The molecule has 0 aromatic heterocycles. The van der Waals surface area contributed by atoms with Gasteiger partial charge in [-0.15, -0.1) is 0 Å². The van der Waals surface area contributed by atoms with Gasteiger partial charge in [-0.3, -0.25) is 33.7 Å². The third kappa shape index (κ3) is 9.27. The van der Waals surface area contributed by atoms with Crippen molar-refractivity contribution in [3.63, 3.8) is 0 Å². The number of benzene rings is 3. The van der Waals surface area contributed by atoms with Crippen LogP contribution < -0.4 is 31.5 Å². The topological polar surface area (TPSA) is 166 Å². The number of amides is 6. The number of rotatable bonds is 12. The molecule has 12 nitrogen and oxygen atoms in total. The molecule has 0 bridgehead atoms. The lowest BCUT2D eigenvalue weighted by Crippen LogP contribution is -2.47. The lowest BCUT2D eigenvalue weighted by atomic mass is 10.1. The Hall–Kier alpha value is -5.96. The van der Waals surface area contributed by atoms with E-state index >= 15 is 0 Å². The summed E-state index contributed by atoms with van der Waals surface area (Å²) in [5, 5.41) is 12.3. The van der Waals surface area contributed by atoms with Gasteiger partial charge in [-0.05, 0) is 50.2 Å². The molecule has 236 valence electrons. The molecule has 1 aliphatic rings. The smallest absolute Gasteiger partial charge is 0.246 e. The predicted octanol–water partition coefficient (Wildman–Crippen LogP) is 1.65. The van der Waals surface area contributed by atoms with E-state index in [0.717, 1.165) is 5.56 Å². The number of nitrogens with zero attached hydrogens (tertiary/aromatic N) is 1. The minimum Gasteiger partial charge on any atom is -0.347 e. The fourth-order valence-electron chi connectivity index (χ4n) is 4.41. The average Bonchev–Trinajstić information content (AvgIpc) is 3.22. The summed E-state index contributed by atoms with van der Waals surface area (Å²) in [5.74, 6) is 3.06. The Morgan fingerprint density at radius 3 is 1.72 bits per heavy atom. The molecule has 1 heterocycles. The molecule has 12 heteroatoms. The fraction of sp³-hybridized carbons (Fsp3) is 0.235. The van der Waals surface area contributed by atoms with Crippen LogP contribution in [0.2, 0.25) is 0 Å². The van der Waals surface area contributed by atoms with E-state index in [2.05, 4.69) is 38.4 Å². The summed E-state index contributed by atoms with van der Waals surface area (Å²) in [4.78, 5) is 75.9. The van der Waals surface area contributed by atoms with Gasteiger partial charge in [0.2, 0.25) is 35.4 Å². The highest BCUT2D eigenvalue weighted by atomic mass is 16.2. The quantitative estimate of drug-likeness (QED) is 0.193. The van der Waals surface area contributed by atoms with Gasteiger partial charge in [0.25, 0.3) is 0 Å². The summed E-state index contributed by atoms with van der Waals surface area (Å²) in [5.41, 5.74) is 4.25. The number of carbonyl (C=O) groups excluding carboxylic acids is 6. The summed E-state index contributed by atoms with van der Waals surface area (Å²) >= 11 is 0. The number of fused-ring (bicyclic) bond motifs is 2. The third-order valence-corrected chi connectivity index (χ3v) is 6.87. The number of carbonyl (C=O) groups is 6. The van der Waals surface area contributed by atoms with Gasteiger partial charge < -0.3 is 26.6 Å². The lowest BCUT2D eigenvalue weighted by molar-refractivity contribution is -0.129. The molecule has 0 spiro atoms. The lowest BCUT2D eigenvalue weighted by Gasteiger charge is -2.24. The van der Waals surface area contributed by atoms with Crippen LogP contribution in [0.25, 0.3) is 0 Å². The Kier molecular flexibility index (Phi) is 11.2. The molecule has 6 amide bonds. The van der Waals surface area contributed by atoms with Crippen molar-refractivity contribution in [1.82, 2.24) is 21.3 Å². The molecular weight excluding hydrogens is 588 g/mol. The zero-order valence-corrected chi connectivity index (χ0v) is 25.4. The molecule has 0 aliphatic carbocycles. The van der Waals surface area contributed by atoms with Crippen molar-refractivity contribution in [2.24, 2.45) is 0 Å². The van der Waals surface area contributed by atoms with Crippen LogP contribution >= 0.6 is 0 Å². The Labute approximate surface area is 266 Å². The van der Waals surface area contributed by atoms with Crippen LogP contribution in [0.4, 0.5) is 17.1 Å². The second-order valence-corrected chi connectivity index (χ2v) is 10.5. The van der Waals surface area contributed by atoms with E-state index in [0.29, 0.717) is 28.2 Å². The van der Waals surface area contributed by atoms with Crippen molar-refractivity contribution in [1.29, 1.82) is 0 Å². The normalized spacial score (nSPS) is 11.7. The highest BCUT2D eigenvalue weighted by Crippen LogP contribution is 2.33. The van der Waals surface area contributed by atoms with Crippen LogP contribution in [0.1, 0.15) is 36.5 Å². The maximum Gasteiger partial charge on any atom is 0.246 e. The van der Waals surface area contributed by atoms with Crippen molar-refractivity contribution in [2.75, 3.05) is 29.9 Å². The van der Waals surface area contributed by atoms with Gasteiger partial charge in [-0.25, -0.2) is 0 Å². The minimum absolute atomic E-state index is 0.118. The van der Waals surface area contributed by atoms with Crippen LogP contribution in [-0.2, 0) is 28.8 Å². The number of para-hydroxylation sites is 2. The molecule has 46 heavy (non-hydrogen) atoms. The maximum atomic E-state index is 13.3. The van der Waals surface area contributed by atoms with Gasteiger partial charge in [-0.2, -0.15) is 0 Å². The number of hydrogen-bond donors (Lipinski definition) is 5. The first kappa shape index (κ1) is 32.9. The monoisotopic (exact) mass is 622 g/mol. The van der Waals surface area contributed by atoms with Gasteiger partial charge >= 0.3 is 0 Å². The SMILES string of the molecule is Cc1ccc(NC(=O)[C@H](C)NC(=O)CNC(=O)CNC(=O)CNC(=O)CCC(=O)N2c3ccccc3C#Cc3ccccc32)cc1. The number of aryl methyl sites for hydroxylation is 1. The molecule has 1 aliphatic heterocycles. The predicted molar refractivity (Wildman–Crippen MR) is 172 cm³/mol. The van der Waals surface area contributed by atoms with E-state index in [1.807, 2.05) is 55.5 Å². The van der Waals surface area contributed by atoms with Gasteiger partial charge in [0.1, 0.15) is 6.04 Å². The number of hydrogen-bond acceptors (Lipinski definition) is 6. The third-order valence-electron chi connectivity index (χ3n) is 6.87. The standard InChI is InChI=1S/C34H34N6O6/c1-22-11-15-26(16-12-22)39-34(46)23(2)38-32(44)21-37-31(43)20-36-30(42)19-35-29(41)17-18-33(45)40-27-9-5-3-7-24(27)13-14-25-8-4-6-10-28(25)40/h3-12,15-16,23H,17-21H2,1-2H3,(H,35,41)(H,36,42)(H,37,43)(H,38,44)(H,39,46)/t23-/m0/s1. The number of anilines is 3. The first-order chi connectivity index (χ1) is 22.1. The molecule has 0 saturated heterocycles. The molecule has 3 aromatic carbocycles. The molecule has 4 rings (SSSR count). The molecule has 0 fully saturated rings. The molecule has 5 N–H and O–H groups in total. The Morgan fingerprint density at radius 2 is 1.15 bits per heavy atom. The summed E-state index contributed by atoms with van der Waals surface area (Å²) in [7, 11) is 0. The Balaban J connectivity index is 1.14. The molecule has 0 unspecified atom stereocenters. The molecule has 3 aromatic rings. The van der Waals surface area contributed by atoms with E-state index < -0.39 is 55.2 Å². The van der Waals surface area contributed by atoms with Crippen LogP contribution in [0.15, 0.2) is 72.8 Å². The Morgan fingerprint density at radius 1 is 0.652 bits per heavy atom. The average molecular weight is 623 g/mol. The largest absolute Gasteiger partial charge is 0.347 e. The van der Waals surface area contributed by atoms with E-state index in [1.165, 1.54) is 11.8 Å². The summed E-state index contributed by atoms with van der Waals surface area (Å²) in [6, 6.07) is 20.9. The van der Waals surface area contributed by atoms with E-state index in [9.17, 15) is 28.8 Å². The van der Waals surface area contributed by atoms with Crippen LogP contribution in [0.5, 0.6) is 0 Å². The molecule has 1 atom stereocenters. The minimum atomic E-state index is -0.852. The van der Waals surface area contributed by atoms with Crippen molar-refractivity contribution in [2.45, 2.75) is 32.7 Å². The van der Waals surface area contributed by atoms with Crippen molar-refractivity contribution in [3.8, 4) is 11.8 Å². The van der Waals surface area contributed by atoms with Gasteiger partial charge in [-0.1, -0.05) is 53.8 Å². The molecule has 0 saturated carbocycles. The highest BCUT2D eigenvalue weighted by molar-refractivity contribution is 6.04. The first-order valence-electron chi connectivity index (χ1n) is 14.6. The van der Waals surface area contributed by atoms with Crippen LogP contribution in [0, 0.1) is 18.8 Å². The summed E-state index contributed by atoms with van der Waals surface area (Å²) in [6.45, 7) is 2.19. The van der Waals surface area contributed by atoms with E-state index in [4.69, 9.17) is 0 Å². The summed E-state index contributed by atoms with van der Waals surface area (Å²) in [6.07, 6.45) is -0.280. The van der Waals surface area contributed by atoms with Crippen molar-refractivity contribution in [3.05, 3.63) is 89.5 Å². The van der Waals surface area contributed by atoms with Crippen molar-refractivity contribution >= 4 is 52.5 Å². The molecule has 0 radical (unpaired) electrons. The van der Waals surface area contributed by atoms with E-state index in [1.54, 1.807) is 24.3 Å². The zero-order valence-electron chi connectivity index (χ0n) is 25.4. The van der Waals surface area contributed by atoms with Crippen LogP contribution in [-0.4, -0.2) is 61.1 Å². The molecular formula is C34H34N6O6. The van der Waals surface area contributed by atoms with Crippen LogP contribution in [0.3, 0.4) is 0 Å². The summed E-state index contributed by atoms with van der Waals surface area (Å²) < 4.78 is 0. The van der Waals surface area contributed by atoms with Crippen molar-refractivity contribution < 1.29 is 28.8 Å². The highest BCUT2D eigenvalue weighted by Gasteiger charge is 2.24. The second-order valence-electron chi connectivity index (χ2n) is 10.5. The Bertz CT molecular complexity index is 1660. The maximum absolute atomic E-state index is 13.3. The second kappa shape index (κ2) is 15.7. The van der Waals surface area contributed by atoms with Gasteiger partial charge in [0.15, 0.2) is 0 Å². The first-order valence-corrected chi connectivity index (χ1v) is 14.6. The van der Waals surface area contributed by atoms with Gasteiger partial charge in [0, 0.05) is 29.7 Å². The fourth-order valence-corrected chi connectivity index (χ4v) is 4.41. The van der Waals surface area contributed by atoms with E-state index in [-0.39, 0.29) is 18.7 Å². The zero-order chi connectivity index (χ0) is 33.1. The number of nitrogens with one attached hydrogen (secondary N) is 5.